The molecule has 1 rings (SSSR count). The summed E-state index contributed by atoms with van der Waals surface area (Å²) in [6, 6.07) is 1.95. The number of likely N-dealkylation sites (N-methyl/N-ethyl adjacent to an activating group) is 1. The van der Waals surface area contributed by atoms with E-state index in [1.807, 2.05) is 30.8 Å². The van der Waals surface area contributed by atoms with Crippen molar-refractivity contribution in [3.05, 3.63) is 18.5 Å². The lowest BCUT2D eigenvalue weighted by Gasteiger charge is -2.26. The Hall–Kier alpha value is -1.36. The summed E-state index contributed by atoms with van der Waals surface area (Å²) >= 11 is 0. The second kappa shape index (κ2) is 6.27. The van der Waals surface area contributed by atoms with Crippen LogP contribution in [0.3, 0.4) is 0 Å². The van der Waals surface area contributed by atoms with E-state index in [4.69, 9.17) is 5.11 Å². The monoisotopic (exact) mass is 225 g/mol. The molecule has 0 radical (unpaired) electrons. The van der Waals surface area contributed by atoms with E-state index in [0.29, 0.717) is 0 Å². The van der Waals surface area contributed by atoms with E-state index in [2.05, 4.69) is 10.00 Å². The first-order chi connectivity index (χ1) is 7.63. The SMILES string of the molecule is CCN(CCn1cccn1)C(C)CC(=O)O. The van der Waals surface area contributed by atoms with Gasteiger partial charge >= 0.3 is 5.97 Å². The number of aromatic nitrogens is 2. The Bertz CT molecular complexity index is 311. The molecule has 0 aliphatic heterocycles. The topological polar surface area (TPSA) is 58.4 Å². The van der Waals surface area contributed by atoms with Crippen LogP contribution < -0.4 is 0 Å². The maximum absolute atomic E-state index is 10.6. The third kappa shape index (κ3) is 4.02. The molecule has 1 atom stereocenters. The van der Waals surface area contributed by atoms with Crippen LogP contribution in [0.5, 0.6) is 0 Å². The van der Waals surface area contributed by atoms with Gasteiger partial charge in [-0.05, 0) is 19.5 Å². The zero-order valence-corrected chi connectivity index (χ0v) is 9.83. The first-order valence-corrected chi connectivity index (χ1v) is 5.56. The summed E-state index contributed by atoms with van der Waals surface area (Å²) in [6.07, 6.45) is 3.85. The molecule has 1 aromatic heterocycles. The molecule has 0 amide bonds. The molecule has 5 nitrogen and oxygen atoms in total. The lowest BCUT2D eigenvalue weighted by atomic mass is 10.2. The molecular weight excluding hydrogens is 206 g/mol. The van der Waals surface area contributed by atoms with Crippen molar-refractivity contribution in [1.82, 2.24) is 14.7 Å². The summed E-state index contributed by atoms with van der Waals surface area (Å²) < 4.78 is 1.86. The normalized spacial score (nSPS) is 12.9. The zero-order valence-electron chi connectivity index (χ0n) is 9.83. The molecule has 16 heavy (non-hydrogen) atoms. The highest BCUT2D eigenvalue weighted by Gasteiger charge is 2.14. The van der Waals surface area contributed by atoms with E-state index >= 15 is 0 Å². The minimum absolute atomic E-state index is 0.0677. The minimum atomic E-state index is -0.745. The first kappa shape index (κ1) is 12.7. The molecule has 0 spiro atoms. The highest BCUT2D eigenvalue weighted by atomic mass is 16.4. The smallest absolute Gasteiger partial charge is 0.304 e. The van der Waals surface area contributed by atoms with Crippen LogP contribution >= 0.6 is 0 Å². The lowest BCUT2D eigenvalue weighted by Crippen LogP contribution is -2.37. The Morgan fingerprint density at radius 2 is 2.38 bits per heavy atom. The van der Waals surface area contributed by atoms with E-state index in [1.54, 1.807) is 6.20 Å². The highest BCUT2D eigenvalue weighted by molar-refractivity contribution is 5.67. The molecular formula is C11H19N3O2. The van der Waals surface area contributed by atoms with Crippen LogP contribution in [0.25, 0.3) is 0 Å². The average molecular weight is 225 g/mol. The van der Waals surface area contributed by atoms with Gasteiger partial charge in [-0.25, -0.2) is 0 Å². The fraction of sp³-hybridized carbons (Fsp3) is 0.636. The van der Waals surface area contributed by atoms with Gasteiger partial charge in [0.2, 0.25) is 0 Å². The van der Waals surface area contributed by atoms with Crippen molar-refractivity contribution in [2.24, 2.45) is 0 Å². The largest absolute Gasteiger partial charge is 0.481 e. The number of carbonyl (C=O) groups is 1. The van der Waals surface area contributed by atoms with Gasteiger partial charge in [0.15, 0.2) is 0 Å². The van der Waals surface area contributed by atoms with Crippen LogP contribution in [0.2, 0.25) is 0 Å². The first-order valence-electron chi connectivity index (χ1n) is 5.56. The predicted molar refractivity (Wildman–Crippen MR) is 61.2 cm³/mol. The second-order valence-corrected chi connectivity index (χ2v) is 3.84. The van der Waals surface area contributed by atoms with Crippen molar-refractivity contribution in [1.29, 1.82) is 0 Å². The fourth-order valence-electron chi connectivity index (χ4n) is 1.74. The lowest BCUT2D eigenvalue weighted by molar-refractivity contribution is -0.138. The molecule has 0 bridgehead atoms. The number of carboxylic acids is 1. The number of hydrogen-bond donors (Lipinski definition) is 1. The van der Waals surface area contributed by atoms with Crippen molar-refractivity contribution < 1.29 is 9.90 Å². The van der Waals surface area contributed by atoms with Crippen molar-refractivity contribution >= 4 is 5.97 Å². The van der Waals surface area contributed by atoms with E-state index in [1.165, 1.54) is 0 Å². The predicted octanol–water partition coefficient (Wildman–Crippen LogP) is 1.07. The standard InChI is InChI=1S/C11H19N3O2/c1-3-13(10(2)9-11(15)16)7-8-14-6-4-5-12-14/h4-6,10H,3,7-9H2,1-2H3,(H,15,16). The van der Waals surface area contributed by atoms with Crippen LogP contribution in [0, 0.1) is 0 Å². The summed E-state index contributed by atoms with van der Waals surface area (Å²) in [5.41, 5.74) is 0. The number of carboxylic acid groups (broad SMARTS) is 1. The third-order valence-corrected chi connectivity index (χ3v) is 2.68. The van der Waals surface area contributed by atoms with Gasteiger partial charge in [-0.15, -0.1) is 0 Å². The molecule has 5 heteroatoms. The number of hydrogen-bond acceptors (Lipinski definition) is 3. The molecule has 1 aromatic rings. The van der Waals surface area contributed by atoms with Crippen molar-refractivity contribution in [3.63, 3.8) is 0 Å². The molecule has 0 fully saturated rings. The second-order valence-electron chi connectivity index (χ2n) is 3.84. The Labute approximate surface area is 95.7 Å². The number of nitrogens with zero attached hydrogens (tertiary/aromatic N) is 3. The number of aliphatic carboxylic acids is 1. The molecule has 0 saturated heterocycles. The maximum atomic E-state index is 10.6. The van der Waals surface area contributed by atoms with Gasteiger partial charge in [-0.2, -0.15) is 5.10 Å². The minimum Gasteiger partial charge on any atom is -0.481 e. The van der Waals surface area contributed by atoms with Crippen LogP contribution in [-0.4, -0.2) is 44.9 Å². The molecule has 1 N–H and O–H groups in total. The third-order valence-electron chi connectivity index (χ3n) is 2.68. The molecule has 1 heterocycles. The Morgan fingerprint density at radius 1 is 1.62 bits per heavy atom. The van der Waals surface area contributed by atoms with Gasteiger partial charge in [0.05, 0.1) is 13.0 Å². The average Bonchev–Trinajstić information content (AvgIpc) is 2.70. The summed E-state index contributed by atoms with van der Waals surface area (Å²) in [5.74, 6) is -0.745. The van der Waals surface area contributed by atoms with Crippen LogP contribution in [0.15, 0.2) is 18.5 Å². The van der Waals surface area contributed by atoms with Gasteiger partial charge in [-0.1, -0.05) is 6.92 Å². The quantitative estimate of drug-likeness (QED) is 0.754. The van der Waals surface area contributed by atoms with E-state index in [0.717, 1.165) is 19.6 Å². The molecule has 1 unspecified atom stereocenters. The van der Waals surface area contributed by atoms with Gasteiger partial charge in [0.1, 0.15) is 0 Å². The van der Waals surface area contributed by atoms with E-state index in [-0.39, 0.29) is 12.5 Å². The van der Waals surface area contributed by atoms with Crippen molar-refractivity contribution in [2.75, 3.05) is 13.1 Å². The van der Waals surface area contributed by atoms with Crippen molar-refractivity contribution in [3.8, 4) is 0 Å². The molecule has 0 saturated carbocycles. The van der Waals surface area contributed by atoms with E-state index in [9.17, 15) is 4.79 Å². The summed E-state index contributed by atoms with van der Waals surface area (Å²) in [5, 5.41) is 12.9. The van der Waals surface area contributed by atoms with Crippen LogP contribution in [0.1, 0.15) is 20.3 Å². The summed E-state index contributed by atoms with van der Waals surface area (Å²) in [4.78, 5) is 12.8. The maximum Gasteiger partial charge on any atom is 0.304 e. The molecule has 0 aliphatic rings. The molecule has 0 aliphatic carbocycles. The van der Waals surface area contributed by atoms with Gasteiger partial charge in [0.25, 0.3) is 0 Å². The Kier molecular flexibility index (Phi) is 4.98. The Balaban J connectivity index is 2.39. The summed E-state index contributed by atoms with van der Waals surface area (Å²) in [7, 11) is 0. The molecule has 90 valence electrons. The molecule has 0 aromatic carbocycles. The van der Waals surface area contributed by atoms with E-state index < -0.39 is 5.97 Å². The number of rotatable bonds is 7. The highest BCUT2D eigenvalue weighted by Crippen LogP contribution is 2.03. The van der Waals surface area contributed by atoms with Crippen LogP contribution in [-0.2, 0) is 11.3 Å². The van der Waals surface area contributed by atoms with Crippen molar-refractivity contribution in [2.45, 2.75) is 32.9 Å². The van der Waals surface area contributed by atoms with Gasteiger partial charge < -0.3 is 5.11 Å². The Morgan fingerprint density at radius 3 is 2.88 bits per heavy atom. The fourth-order valence-corrected chi connectivity index (χ4v) is 1.74. The van der Waals surface area contributed by atoms with Gasteiger partial charge in [-0.3, -0.25) is 14.4 Å². The summed E-state index contributed by atoms with van der Waals surface area (Å²) in [6.45, 7) is 6.47. The van der Waals surface area contributed by atoms with Gasteiger partial charge in [0, 0.05) is 25.0 Å². The zero-order chi connectivity index (χ0) is 12.0. The van der Waals surface area contributed by atoms with Crippen LogP contribution in [0.4, 0.5) is 0 Å².